The zero-order chi connectivity index (χ0) is 40.2. The molecule has 0 radical (unpaired) electrons. The lowest BCUT2D eigenvalue weighted by Crippen LogP contribution is -2.61. The number of furan rings is 2. The minimum absolute atomic E-state index is 0.123. The van der Waals surface area contributed by atoms with E-state index in [0.29, 0.717) is 20.5 Å². The molecule has 21 heteroatoms. The van der Waals surface area contributed by atoms with Gasteiger partial charge in [-0.3, -0.25) is 4.79 Å². The quantitative estimate of drug-likeness (QED) is 0.162. The number of nitrogens with one attached hydrogen (secondary N) is 1. The monoisotopic (exact) mass is 902 g/mol. The Balaban J connectivity index is 0.000000203. The summed E-state index contributed by atoms with van der Waals surface area (Å²) in [7, 11) is 0. The third-order valence-corrected chi connectivity index (χ3v) is 8.67. The van der Waals surface area contributed by atoms with E-state index < -0.39 is 58.4 Å². The molecule has 1 saturated heterocycles. The third-order valence-electron chi connectivity index (χ3n) is 7.84. The number of rotatable bonds is 5. The molecule has 1 fully saturated rings. The fraction of sp³-hybridized carbons (Fsp3) is 0.265. The van der Waals surface area contributed by atoms with Gasteiger partial charge in [0.25, 0.3) is 5.91 Å². The highest BCUT2D eigenvalue weighted by Gasteiger charge is 2.38. The van der Waals surface area contributed by atoms with Gasteiger partial charge in [-0.05, 0) is 76.9 Å². The van der Waals surface area contributed by atoms with E-state index in [1.165, 1.54) is 46.5 Å². The minimum atomic E-state index is -4.68. The molecule has 0 saturated carbocycles. The molecule has 0 aromatic carbocycles. The number of fused-ring (bicyclic) bond motifs is 2. The Labute approximate surface area is 322 Å². The van der Waals surface area contributed by atoms with E-state index in [4.69, 9.17) is 18.7 Å². The summed E-state index contributed by atoms with van der Waals surface area (Å²) in [6.45, 7) is 5.61. The van der Waals surface area contributed by atoms with Gasteiger partial charge in [-0.1, -0.05) is 0 Å². The Morgan fingerprint density at radius 2 is 1.22 bits per heavy atom. The van der Waals surface area contributed by atoms with Crippen LogP contribution >= 0.6 is 31.9 Å². The van der Waals surface area contributed by atoms with Crippen molar-refractivity contribution in [2.45, 2.75) is 44.8 Å². The molecule has 0 atom stereocenters. The van der Waals surface area contributed by atoms with Crippen molar-refractivity contribution in [1.82, 2.24) is 29.0 Å². The Kier molecular flexibility index (Phi) is 10.3. The second-order valence-electron chi connectivity index (χ2n) is 13.1. The van der Waals surface area contributed by atoms with Crippen molar-refractivity contribution in [1.29, 1.82) is 0 Å². The van der Waals surface area contributed by atoms with Gasteiger partial charge in [-0.15, -0.1) is 0 Å². The van der Waals surface area contributed by atoms with Crippen LogP contribution in [-0.2, 0) is 17.1 Å². The van der Waals surface area contributed by atoms with E-state index in [0.717, 1.165) is 22.7 Å². The number of nitrogens with zero attached hydrogens (tertiary/aromatic N) is 5. The van der Waals surface area contributed by atoms with Gasteiger partial charge in [0.05, 0.1) is 29.7 Å². The number of carboxylic acids is 1. The van der Waals surface area contributed by atoms with Gasteiger partial charge in [0.15, 0.2) is 15.0 Å². The van der Waals surface area contributed by atoms with E-state index in [-0.39, 0.29) is 41.6 Å². The van der Waals surface area contributed by atoms with Crippen LogP contribution in [0.4, 0.5) is 31.1 Å². The summed E-state index contributed by atoms with van der Waals surface area (Å²) in [5.74, 6) is -1.92. The number of likely N-dealkylation sites (tertiary alicyclic amines) is 1. The number of carboxylic acid groups (broad SMARTS) is 1. The van der Waals surface area contributed by atoms with E-state index in [2.05, 4.69) is 47.1 Å². The highest BCUT2D eigenvalue weighted by molar-refractivity contribution is 9.10. The molecule has 7 rings (SSSR count). The van der Waals surface area contributed by atoms with E-state index in [1.807, 2.05) is 0 Å². The molecule has 13 nitrogen and oxygen atoms in total. The minimum Gasteiger partial charge on any atom is -0.476 e. The standard InChI is InChI=1S/C21H20BrF3N4O4.C13H6BrF3N2O3/c1-20(2,3)33-19(31)26-13-7-29(8-13)18(30)15-9-28-6-11(12-5-16(22)32-10-12)4-14(17(28)27-15)21(23,24)25;14-10-2-7(5-22-10)6-1-8(13(15,16)17)11-18-9(12(20)21)4-19(11)3-6/h4-6,9-10,13H,7-8H2,1-3H3,(H,26,31);1-5H,(H,20,21). The Bertz CT molecular complexity index is 2440. The Hall–Kier alpha value is -5.31. The summed E-state index contributed by atoms with van der Waals surface area (Å²) >= 11 is 6.21. The summed E-state index contributed by atoms with van der Waals surface area (Å²) in [5, 5.41) is 11.5. The molecule has 0 unspecified atom stereocenters. The van der Waals surface area contributed by atoms with Gasteiger partial charge in [0.1, 0.15) is 22.6 Å². The lowest BCUT2D eigenvalue weighted by molar-refractivity contribution is -0.137. The van der Waals surface area contributed by atoms with Crippen LogP contribution in [0.25, 0.3) is 33.5 Å². The molecular formula is C34H26Br2F6N6O7. The van der Waals surface area contributed by atoms with Crippen LogP contribution in [0.1, 0.15) is 52.9 Å². The maximum Gasteiger partial charge on any atom is 0.420 e. The zero-order valence-corrected chi connectivity index (χ0v) is 31.6. The highest BCUT2D eigenvalue weighted by atomic mass is 79.9. The van der Waals surface area contributed by atoms with Crippen LogP contribution in [0.15, 0.2) is 79.8 Å². The Morgan fingerprint density at radius 3 is 1.62 bits per heavy atom. The first kappa shape index (κ1) is 39.4. The molecule has 2 N–H and O–H groups in total. The van der Waals surface area contributed by atoms with Crippen LogP contribution < -0.4 is 5.32 Å². The van der Waals surface area contributed by atoms with Crippen molar-refractivity contribution >= 4 is 61.1 Å². The number of halogens is 8. The fourth-order valence-electron chi connectivity index (χ4n) is 5.43. The van der Waals surface area contributed by atoms with Gasteiger partial charge < -0.3 is 37.7 Å². The number of hydrogen-bond acceptors (Lipinski definition) is 8. The van der Waals surface area contributed by atoms with E-state index >= 15 is 0 Å². The summed E-state index contributed by atoms with van der Waals surface area (Å²) in [6, 6.07) is 4.62. The molecular weight excluding hydrogens is 878 g/mol. The zero-order valence-electron chi connectivity index (χ0n) is 28.4. The van der Waals surface area contributed by atoms with Crippen LogP contribution in [0.2, 0.25) is 0 Å². The average Bonchev–Trinajstić information content (AvgIpc) is 3.85. The molecule has 6 aromatic rings. The molecule has 6 aromatic heterocycles. The summed E-state index contributed by atoms with van der Waals surface area (Å²) in [6.07, 6.45) is -2.21. The number of alkyl halides is 6. The van der Waals surface area contributed by atoms with Crippen molar-refractivity contribution in [3.05, 3.63) is 93.4 Å². The predicted octanol–water partition coefficient (Wildman–Crippen LogP) is 8.80. The topological polar surface area (TPSA) is 157 Å². The molecule has 7 heterocycles. The maximum atomic E-state index is 13.7. The van der Waals surface area contributed by atoms with Crippen molar-refractivity contribution in [3.63, 3.8) is 0 Å². The lowest BCUT2D eigenvalue weighted by Gasteiger charge is -2.39. The average molecular weight is 904 g/mol. The van der Waals surface area contributed by atoms with Crippen molar-refractivity contribution in [2.75, 3.05) is 13.1 Å². The maximum absolute atomic E-state index is 13.7. The molecule has 1 aliphatic rings. The molecule has 2 amide bonds. The molecule has 0 aliphatic carbocycles. The predicted molar refractivity (Wildman–Crippen MR) is 187 cm³/mol. The summed E-state index contributed by atoms with van der Waals surface area (Å²) in [5.41, 5.74) is -2.72. The number of imidazole rings is 2. The molecule has 0 spiro atoms. The first-order valence-corrected chi connectivity index (χ1v) is 17.3. The van der Waals surface area contributed by atoms with Crippen LogP contribution in [0.3, 0.4) is 0 Å². The van der Waals surface area contributed by atoms with Crippen LogP contribution in [0, 0.1) is 0 Å². The van der Waals surface area contributed by atoms with Crippen molar-refractivity contribution < 1.29 is 59.4 Å². The normalized spacial score (nSPS) is 13.8. The first-order valence-electron chi connectivity index (χ1n) is 15.8. The van der Waals surface area contributed by atoms with E-state index in [1.54, 1.807) is 26.8 Å². The van der Waals surface area contributed by atoms with Gasteiger partial charge in [0, 0.05) is 60.1 Å². The number of carbonyl (C=O) groups is 3. The second-order valence-corrected chi connectivity index (χ2v) is 14.7. The third kappa shape index (κ3) is 8.82. The lowest BCUT2D eigenvalue weighted by atomic mass is 10.1. The number of ether oxygens (including phenoxy) is 1. The molecule has 290 valence electrons. The number of aromatic nitrogens is 4. The largest absolute Gasteiger partial charge is 0.476 e. The second kappa shape index (κ2) is 14.4. The van der Waals surface area contributed by atoms with E-state index in [9.17, 15) is 40.7 Å². The number of amides is 2. The number of carbonyl (C=O) groups excluding carboxylic acids is 2. The van der Waals surface area contributed by atoms with Crippen LogP contribution in [0.5, 0.6) is 0 Å². The van der Waals surface area contributed by atoms with Gasteiger partial charge in [0.2, 0.25) is 0 Å². The molecule has 1 aliphatic heterocycles. The Morgan fingerprint density at radius 1 is 0.764 bits per heavy atom. The molecule has 55 heavy (non-hydrogen) atoms. The van der Waals surface area contributed by atoms with Crippen molar-refractivity contribution in [3.8, 4) is 22.3 Å². The highest BCUT2D eigenvalue weighted by Crippen LogP contribution is 2.38. The van der Waals surface area contributed by atoms with Gasteiger partial charge in [-0.2, -0.15) is 26.3 Å². The summed E-state index contributed by atoms with van der Waals surface area (Å²) < 4.78 is 99.0. The smallest absolute Gasteiger partial charge is 0.420 e. The number of hydrogen-bond donors (Lipinski definition) is 2. The fourth-order valence-corrected chi connectivity index (χ4v) is 6.11. The van der Waals surface area contributed by atoms with Crippen molar-refractivity contribution in [2.24, 2.45) is 0 Å². The molecule has 0 bridgehead atoms. The first-order chi connectivity index (χ1) is 25.6. The summed E-state index contributed by atoms with van der Waals surface area (Å²) in [4.78, 5) is 44.4. The number of alkyl carbamates (subject to hydrolysis) is 1. The van der Waals surface area contributed by atoms with Crippen LogP contribution in [-0.4, -0.2) is 71.5 Å². The van der Waals surface area contributed by atoms with Gasteiger partial charge in [-0.25, -0.2) is 19.6 Å². The number of pyridine rings is 2. The number of aromatic carboxylic acids is 1. The SMILES string of the molecule is CC(C)(C)OC(=O)NC1CN(C(=O)c2cn3cc(-c4coc(Br)c4)cc(C(F)(F)F)c3n2)C1.O=C(O)c1cn2cc(-c3coc(Br)c3)cc(C(F)(F)F)c2n1. The van der Waals surface area contributed by atoms with Gasteiger partial charge >= 0.3 is 24.4 Å².